The van der Waals surface area contributed by atoms with Gasteiger partial charge in [0, 0.05) is 43.4 Å². The van der Waals surface area contributed by atoms with Crippen LogP contribution < -0.4 is 10.2 Å². The minimum atomic E-state index is -0.843. The third-order valence-corrected chi connectivity index (χ3v) is 5.39. The lowest BCUT2D eigenvalue weighted by Crippen LogP contribution is -2.31. The summed E-state index contributed by atoms with van der Waals surface area (Å²) >= 11 is 0. The van der Waals surface area contributed by atoms with Crippen LogP contribution in [0.4, 0.5) is 14.5 Å². The fraction of sp³-hybridized carbons (Fsp3) is 0.364. The second-order valence-electron chi connectivity index (χ2n) is 7.68. The van der Waals surface area contributed by atoms with Crippen LogP contribution in [-0.2, 0) is 11.3 Å². The standard InChI is InChI=1S/C22H24F2N6O/c23-19-9-8-18(13-20(19)24)29-12-10-16(15-29)14-25-21(31)7-4-11-30-27-22(26-28-30)17-5-2-1-3-6-17/h1-3,5-6,8-9,13,16H,4,7,10-12,14-15H2,(H,25,31). The van der Waals surface area contributed by atoms with Crippen molar-refractivity contribution in [2.75, 3.05) is 24.5 Å². The Bertz CT molecular complexity index is 1030. The van der Waals surface area contributed by atoms with Crippen molar-refractivity contribution in [3.8, 4) is 11.4 Å². The number of hydrogen-bond donors (Lipinski definition) is 1. The van der Waals surface area contributed by atoms with Crippen molar-refractivity contribution in [3.63, 3.8) is 0 Å². The third-order valence-electron chi connectivity index (χ3n) is 5.39. The summed E-state index contributed by atoms with van der Waals surface area (Å²) in [6.07, 6.45) is 1.88. The van der Waals surface area contributed by atoms with E-state index in [0.717, 1.165) is 24.6 Å². The minimum absolute atomic E-state index is 0.0188. The Morgan fingerprint density at radius 3 is 2.77 bits per heavy atom. The number of halogens is 2. The molecule has 162 valence electrons. The second kappa shape index (κ2) is 9.63. The predicted molar refractivity (Wildman–Crippen MR) is 112 cm³/mol. The topological polar surface area (TPSA) is 75.9 Å². The molecule has 1 unspecified atom stereocenters. The molecule has 1 saturated heterocycles. The van der Waals surface area contributed by atoms with Crippen LogP contribution >= 0.6 is 0 Å². The van der Waals surface area contributed by atoms with E-state index in [1.165, 1.54) is 10.9 Å². The molecule has 3 aromatic rings. The molecule has 2 aromatic carbocycles. The van der Waals surface area contributed by atoms with Crippen LogP contribution in [0.1, 0.15) is 19.3 Å². The van der Waals surface area contributed by atoms with Gasteiger partial charge in [-0.15, -0.1) is 10.2 Å². The van der Waals surface area contributed by atoms with Crippen LogP contribution in [0, 0.1) is 17.6 Å². The number of nitrogens with one attached hydrogen (secondary N) is 1. The van der Waals surface area contributed by atoms with Gasteiger partial charge in [0.15, 0.2) is 11.6 Å². The number of anilines is 1. The molecule has 1 amide bonds. The molecule has 0 spiro atoms. The number of carbonyl (C=O) groups is 1. The van der Waals surface area contributed by atoms with Crippen molar-refractivity contribution in [2.24, 2.45) is 5.92 Å². The first-order chi connectivity index (χ1) is 15.1. The number of hydrogen-bond acceptors (Lipinski definition) is 5. The quantitative estimate of drug-likeness (QED) is 0.599. The van der Waals surface area contributed by atoms with Gasteiger partial charge in [-0.05, 0) is 36.1 Å². The SMILES string of the molecule is O=C(CCCn1nnc(-c2ccccc2)n1)NCC1CCN(c2ccc(F)c(F)c2)C1. The van der Waals surface area contributed by atoms with E-state index in [9.17, 15) is 13.6 Å². The minimum Gasteiger partial charge on any atom is -0.371 e. The normalized spacial score (nSPS) is 15.9. The maximum Gasteiger partial charge on any atom is 0.220 e. The Morgan fingerprint density at radius 2 is 1.97 bits per heavy atom. The van der Waals surface area contributed by atoms with Crippen LogP contribution in [-0.4, -0.2) is 45.7 Å². The zero-order valence-corrected chi connectivity index (χ0v) is 17.0. The number of amides is 1. The molecule has 31 heavy (non-hydrogen) atoms. The molecule has 0 radical (unpaired) electrons. The van der Waals surface area contributed by atoms with Crippen molar-refractivity contribution >= 4 is 11.6 Å². The van der Waals surface area contributed by atoms with Crippen molar-refractivity contribution in [3.05, 3.63) is 60.2 Å². The van der Waals surface area contributed by atoms with Gasteiger partial charge in [0.05, 0.1) is 6.54 Å². The first kappa shape index (κ1) is 20.9. The molecule has 0 bridgehead atoms. The molecular weight excluding hydrogens is 402 g/mol. The maximum atomic E-state index is 13.4. The second-order valence-corrected chi connectivity index (χ2v) is 7.68. The number of aromatic nitrogens is 4. The molecule has 1 atom stereocenters. The highest BCUT2D eigenvalue weighted by molar-refractivity contribution is 5.75. The van der Waals surface area contributed by atoms with E-state index in [0.29, 0.717) is 44.0 Å². The van der Waals surface area contributed by atoms with Crippen molar-refractivity contribution < 1.29 is 13.6 Å². The largest absolute Gasteiger partial charge is 0.371 e. The molecule has 1 aromatic heterocycles. The molecule has 1 N–H and O–H groups in total. The zero-order chi connectivity index (χ0) is 21.6. The summed E-state index contributed by atoms with van der Waals surface area (Å²) in [5, 5.41) is 15.4. The van der Waals surface area contributed by atoms with Gasteiger partial charge in [0.25, 0.3) is 0 Å². The molecular formula is C22H24F2N6O. The van der Waals surface area contributed by atoms with Crippen molar-refractivity contribution in [1.82, 2.24) is 25.5 Å². The molecule has 4 rings (SSSR count). The summed E-state index contributed by atoms with van der Waals surface area (Å²) in [4.78, 5) is 15.7. The van der Waals surface area contributed by atoms with E-state index in [-0.39, 0.29) is 11.8 Å². The molecule has 1 aliphatic heterocycles. The molecule has 0 aliphatic carbocycles. The lowest BCUT2D eigenvalue weighted by molar-refractivity contribution is -0.121. The Morgan fingerprint density at radius 1 is 1.13 bits per heavy atom. The van der Waals surface area contributed by atoms with Gasteiger partial charge < -0.3 is 10.2 Å². The van der Waals surface area contributed by atoms with E-state index in [1.807, 2.05) is 35.2 Å². The maximum absolute atomic E-state index is 13.4. The molecule has 2 heterocycles. The number of nitrogens with zero attached hydrogens (tertiary/aromatic N) is 5. The predicted octanol–water partition coefficient (Wildman–Crippen LogP) is 3.04. The number of benzene rings is 2. The Balaban J connectivity index is 1.17. The van der Waals surface area contributed by atoms with Gasteiger partial charge >= 0.3 is 0 Å². The highest BCUT2D eigenvalue weighted by Gasteiger charge is 2.23. The first-order valence-electron chi connectivity index (χ1n) is 10.4. The Labute approximate surface area is 179 Å². The van der Waals surface area contributed by atoms with Gasteiger partial charge in [-0.25, -0.2) is 8.78 Å². The summed E-state index contributed by atoms with van der Waals surface area (Å²) in [6, 6.07) is 13.6. The summed E-state index contributed by atoms with van der Waals surface area (Å²) in [5.74, 6) is -0.856. The molecule has 1 fully saturated rings. The summed E-state index contributed by atoms with van der Waals surface area (Å²) in [6.45, 7) is 2.54. The van der Waals surface area contributed by atoms with Crippen LogP contribution in [0.25, 0.3) is 11.4 Å². The number of carbonyl (C=O) groups excluding carboxylic acids is 1. The van der Waals surface area contributed by atoms with E-state index >= 15 is 0 Å². The zero-order valence-electron chi connectivity index (χ0n) is 17.0. The van der Waals surface area contributed by atoms with Crippen LogP contribution in [0.2, 0.25) is 0 Å². The third kappa shape index (κ3) is 5.42. The van der Waals surface area contributed by atoms with E-state index in [2.05, 4.69) is 20.7 Å². The lowest BCUT2D eigenvalue weighted by Gasteiger charge is -2.19. The Kier molecular flexibility index (Phi) is 6.49. The fourth-order valence-electron chi connectivity index (χ4n) is 3.68. The van der Waals surface area contributed by atoms with E-state index < -0.39 is 11.6 Å². The van der Waals surface area contributed by atoms with Gasteiger partial charge in [-0.3, -0.25) is 4.79 Å². The number of tetrazole rings is 1. The van der Waals surface area contributed by atoms with Gasteiger partial charge in [-0.1, -0.05) is 30.3 Å². The summed E-state index contributed by atoms with van der Waals surface area (Å²) in [7, 11) is 0. The molecule has 0 saturated carbocycles. The fourth-order valence-corrected chi connectivity index (χ4v) is 3.68. The van der Waals surface area contributed by atoms with Crippen molar-refractivity contribution in [2.45, 2.75) is 25.8 Å². The van der Waals surface area contributed by atoms with Gasteiger partial charge in [0.1, 0.15) is 0 Å². The number of aryl methyl sites for hydroxylation is 1. The average Bonchev–Trinajstić information content (AvgIpc) is 3.45. The smallest absolute Gasteiger partial charge is 0.220 e. The van der Waals surface area contributed by atoms with Crippen LogP contribution in [0.15, 0.2) is 48.5 Å². The molecule has 1 aliphatic rings. The molecule has 7 nitrogen and oxygen atoms in total. The van der Waals surface area contributed by atoms with Crippen LogP contribution in [0.5, 0.6) is 0 Å². The first-order valence-corrected chi connectivity index (χ1v) is 10.4. The highest BCUT2D eigenvalue weighted by atomic mass is 19.2. The van der Waals surface area contributed by atoms with Gasteiger partial charge in [0.2, 0.25) is 11.7 Å². The monoisotopic (exact) mass is 426 g/mol. The van der Waals surface area contributed by atoms with Gasteiger partial charge in [-0.2, -0.15) is 4.80 Å². The van der Waals surface area contributed by atoms with E-state index in [1.54, 1.807) is 6.07 Å². The Hall–Kier alpha value is -3.36. The van der Waals surface area contributed by atoms with Crippen LogP contribution in [0.3, 0.4) is 0 Å². The number of rotatable bonds is 8. The summed E-state index contributed by atoms with van der Waals surface area (Å²) in [5.41, 5.74) is 1.57. The average molecular weight is 426 g/mol. The van der Waals surface area contributed by atoms with Crippen molar-refractivity contribution in [1.29, 1.82) is 0 Å². The van der Waals surface area contributed by atoms with E-state index in [4.69, 9.17) is 0 Å². The highest BCUT2D eigenvalue weighted by Crippen LogP contribution is 2.25. The lowest BCUT2D eigenvalue weighted by atomic mass is 10.1. The molecule has 9 heteroatoms. The summed E-state index contributed by atoms with van der Waals surface area (Å²) < 4.78 is 26.5.